The van der Waals surface area contributed by atoms with Gasteiger partial charge in [-0.15, -0.1) is 11.8 Å². The monoisotopic (exact) mass is 602 g/mol. The van der Waals surface area contributed by atoms with Crippen molar-refractivity contribution in [3.63, 3.8) is 0 Å². The van der Waals surface area contributed by atoms with Gasteiger partial charge in [-0.1, -0.05) is 72.8 Å². The zero-order valence-electron chi connectivity index (χ0n) is 24.6. The minimum Gasteiger partial charge on any atom is -0.381 e. The van der Waals surface area contributed by atoms with Crippen molar-refractivity contribution in [3.05, 3.63) is 107 Å². The molecule has 0 saturated carbocycles. The van der Waals surface area contributed by atoms with Crippen molar-refractivity contribution in [3.8, 4) is 0 Å². The first-order valence-corrected chi connectivity index (χ1v) is 15.2. The van der Waals surface area contributed by atoms with Gasteiger partial charge in [0.05, 0.1) is 18.5 Å². The van der Waals surface area contributed by atoms with Crippen molar-refractivity contribution in [2.24, 2.45) is 0 Å². The van der Waals surface area contributed by atoms with Gasteiger partial charge >= 0.3 is 0 Å². The summed E-state index contributed by atoms with van der Waals surface area (Å²) in [5.41, 5.74) is 3.23. The number of carbonyl (C=O) groups is 4. The lowest BCUT2D eigenvalue weighted by Gasteiger charge is -2.33. The Balaban J connectivity index is 1.47. The molecule has 226 valence electrons. The van der Waals surface area contributed by atoms with Crippen molar-refractivity contribution < 1.29 is 24.3 Å². The molecule has 1 heterocycles. The Hall–Kier alpha value is -4.15. The van der Waals surface area contributed by atoms with Gasteiger partial charge < -0.3 is 26.0 Å². The average molecular weight is 603 g/mol. The van der Waals surface area contributed by atoms with Gasteiger partial charge in [0.2, 0.25) is 11.8 Å². The Kier molecular flexibility index (Phi) is 10.6. The topological polar surface area (TPSA) is 128 Å². The van der Waals surface area contributed by atoms with E-state index >= 15 is 0 Å². The lowest BCUT2D eigenvalue weighted by molar-refractivity contribution is -0.147. The van der Waals surface area contributed by atoms with Crippen molar-refractivity contribution in [2.45, 2.75) is 56.7 Å². The van der Waals surface area contributed by atoms with E-state index in [0.717, 1.165) is 16.7 Å². The van der Waals surface area contributed by atoms with Crippen LogP contribution in [0.2, 0.25) is 0 Å². The molecule has 9 nitrogen and oxygen atoms in total. The van der Waals surface area contributed by atoms with Gasteiger partial charge in [-0.2, -0.15) is 0 Å². The lowest BCUT2D eigenvalue weighted by atomic mass is 9.97. The highest BCUT2D eigenvalue weighted by Crippen LogP contribution is 2.40. The van der Waals surface area contributed by atoms with Crippen LogP contribution in [0.1, 0.15) is 40.9 Å². The number of aliphatic hydroxyl groups excluding tert-OH is 1. The summed E-state index contributed by atoms with van der Waals surface area (Å²) in [4.78, 5) is 54.0. The van der Waals surface area contributed by atoms with Crippen LogP contribution in [0.25, 0.3) is 0 Å². The fraction of sp³-hybridized carbons (Fsp3) is 0.333. The standard InChI is InChI=1S/C33H38N4O5S/c1-22-12-10-11-17-25(22)19-34-31(41)29-33(2,3)43-21-37(29)32(42)28(39)26(18-23-13-6-4-7-14-23)36-27(38)20-35-30(40)24-15-8-5-9-16-24/h4-17,26,28-29,39H,18-21H2,1-3H3,(H,34,41)(H,35,40)(H,36,38). The number of hydrogen-bond donors (Lipinski definition) is 4. The number of thioether (sulfide) groups is 1. The van der Waals surface area contributed by atoms with Gasteiger partial charge in [0, 0.05) is 16.9 Å². The Bertz CT molecular complexity index is 1430. The van der Waals surface area contributed by atoms with Crippen molar-refractivity contribution in [2.75, 3.05) is 12.4 Å². The van der Waals surface area contributed by atoms with E-state index < -0.39 is 40.7 Å². The number of nitrogens with zero attached hydrogens (tertiary/aromatic N) is 1. The second-order valence-corrected chi connectivity index (χ2v) is 12.7. The Morgan fingerprint density at radius 2 is 1.56 bits per heavy atom. The molecule has 4 rings (SSSR count). The highest BCUT2D eigenvalue weighted by Gasteiger charge is 2.49. The van der Waals surface area contributed by atoms with E-state index in [-0.39, 0.29) is 24.7 Å². The molecule has 43 heavy (non-hydrogen) atoms. The van der Waals surface area contributed by atoms with Crippen LogP contribution in [-0.2, 0) is 27.3 Å². The van der Waals surface area contributed by atoms with Gasteiger partial charge in [-0.05, 0) is 56.0 Å². The first kappa shape index (κ1) is 31.8. The maximum atomic E-state index is 13.8. The van der Waals surface area contributed by atoms with E-state index in [0.29, 0.717) is 12.1 Å². The number of aryl methyl sites for hydroxylation is 1. The van der Waals surface area contributed by atoms with Crippen LogP contribution >= 0.6 is 11.8 Å². The van der Waals surface area contributed by atoms with Gasteiger partial charge in [0.1, 0.15) is 6.04 Å². The van der Waals surface area contributed by atoms with Crippen LogP contribution in [0.4, 0.5) is 0 Å². The molecular formula is C33H38N4O5S. The molecule has 3 atom stereocenters. The third kappa shape index (κ3) is 8.24. The molecule has 4 N–H and O–H groups in total. The second-order valence-electron chi connectivity index (χ2n) is 11.1. The maximum absolute atomic E-state index is 13.8. The molecule has 4 amide bonds. The summed E-state index contributed by atoms with van der Waals surface area (Å²) in [6, 6.07) is 23.6. The number of hydrogen-bond acceptors (Lipinski definition) is 6. The molecule has 1 aliphatic rings. The van der Waals surface area contributed by atoms with Gasteiger partial charge in [0.15, 0.2) is 6.10 Å². The molecule has 3 aromatic carbocycles. The summed E-state index contributed by atoms with van der Waals surface area (Å²) in [5, 5.41) is 19.7. The first-order chi connectivity index (χ1) is 20.6. The smallest absolute Gasteiger partial charge is 0.254 e. The number of nitrogens with one attached hydrogen (secondary N) is 3. The SMILES string of the molecule is Cc1ccccc1CNC(=O)C1N(C(=O)C(O)C(Cc2ccccc2)NC(=O)CNC(=O)c2ccccc2)CSC1(C)C. The molecule has 3 unspecified atom stereocenters. The normalized spacial score (nSPS) is 17.0. The van der Waals surface area contributed by atoms with Gasteiger partial charge in [-0.25, -0.2) is 0 Å². The largest absolute Gasteiger partial charge is 0.381 e. The second kappa shape index (κ2) is 14.3. The van der Waals surface area contributed by atoms with Gasteiger partial charge in [-0.3, -0.25) is 19.2 Å². The van der Waals surface area contributed by atoms with Crippen molar-refractivity contribution in [1.82, 2.24) is 20.9 Å². The number of amides is 4. The molecule has 0 aliphatic carbocycles. The zero-order chi connectivity index (χ0) is 31.0. The van der Waals surface area contributed by atoms with Crippen LogP contribution < -0.4 is 16.0 Å². The zero-order valence-corrected chi connectivity index (χ0v) is 25.4. The molecule has 0 spiro atoms. The van der Waals surface area contributed by atoms with Crippen LogP contribution in [-0.4, -0.2) is 69.0 Å². The lowest BCUT2D eigenvalue weighted by Crippen LogP contribution is -2.59. The number of aliphatic hydroxyl groups is 1. The maximum Gasteiger partial charge on any atom is 0.254 e. The predicted molar refractivity (Wildman–Crippen MR) is 167 cm³/mol. The summed E-state index contributed by atoms with van der Waals surface area (Å²) in [6.07, 6.45) is -1.46. The summed E-state index contributed by atoms with van der Waals surface area (Å²) in [6.45, 7) is 5.74. The Morgan fingerprint density at radius 1 is 0.930 bits per heavy atom. The Morgan fingerprint density at radius 3 is 2.23 bits per heavy atom. The van der Waals surface area contributed by atoms with Crippen molar-refractivity contribution >= 4 is 35.4 Å². The molecule has 3 aromatic rings. The molecule has 0 bridgehead atoms. The fourth-order valence-electron chi connectivity index (χ4n) is 5.06. The van der Waals surface area contributed by atoms with Crippen LogP contribution in [0, 0.1) is 6.92 Å². The van der Waals surface area contributed by atoms with E-state index in [1.165, 1.54) is 16.7 Å². The minimum atomic E-state index is -1.63. The molecule has 1 saturated heterocycles. The third-order valence-corrected chi connectivity index (χ3v) is 8.89. The van der Waals surface area contributed by atoms with Gasteiger partial charge in [0.25, 0.3) is 11.8 Å². The summed E-state index contributed by atoms with van der Waals surface area (Å²) in [5.74, 6) is -1.72. The summed E-state index contributed by atoms with van der Waals surface area (Å²) >= 11 is 1.45. The predicted octanol–water partition coefficient (Wildman–Crippen LogP) is 2.81. The highest BCUT2D eigenvalue weighted by molar-refractivity contribution is 8.00. The molecule has 1 fully saturated rings. The fourth-order valence-corrected chi connectivity index (χ4v) is 6.20. The van der Waals surface area contributed by atoms with E-state index in [9.17, 15) is 24.3 Å². The number of benzene rings is 3. The van der Waals surface area contributed by atoms with Crippen molar-refractivity contribution in [1.29, 1.82) is 0 Å². The highest BCUT2D eigenvalue weighted by atomic mass is 32.2. The first-order valence-electron chi connectivity index (χ1n) is 14.2. The molecule has 0 radical (unpaired) electrons. The number of rotatable bonds is 11. The quantitative estimate of drug-likeness (QED) is 0.267. The number of carbonyl (C=O) groups excluding carboxylic acids is 4. The van der Waals surface area contributed by atoms with Crippen LogP contribution in [0.15, 0.2) is 84.9 Å². The Labute approximate surface area is 256 Å². The minimum absolute atomic E-state index is 0.167. The van der Waals surface area contributed by atoms with E-state index in [4.69, 9.17) is 0 Å². The van der Waals surface area contributed by atoms with E-state index in [1.807, 2.05) is 75.4 Å². The molecule has 10 heteroatoms. The molecule has 0 aromatic heterocycles. The van der Waals surface area contributed by atoms with E-state index in [2.05, 4.69) is 16.0 Å². The third-order valence-electron chi connectivity index (χ3n) is 7.52. The summed E-state index contributed by atoms with van der Waals surface area (Å²) in [7, 11) is 0. The van der Waals surface area contributed by atoms with E-state index in [1.54, 1.807) is 30.3 Å². The van der Waals surface area contributed by atoms with Crippen LogP contribution in [0.3, 0.4) is 0 Å². The molecular weight excluding hydrogens is 564 g/mol. The van der Waals surface area contributed by atoms with Crippen LogP contribution in [0.5, 0.6) is 0 Å². The summed E-state index contributed by atoms with van der Waals surface area (Å²) < 4.78 is -0.606. The molecule has 1 aliphatic heterocycles. The average Bonchev–Trinajstić information content (AvgIpc) is 3.33.